The Morgan fingerprint density at radius 1 is 1.06 bits per heavy atom. The molecule has 3 rings (SSSR count). The number of rotatable bonds is 12. The van der Waals surface area contributed by atoms with Gasteiger partial charge in [-0.2, -0.15) is 4.80 Å². The highest BCUT2D eigenvalue weighted by atomic mass is 16.6. The summed E-state index contributed by atoms with van der Waals surface area (Å²) in [6, 6.07) is 2.16. The molecular formula is C21H22N6O9. The van der Waals surface area contributed by atoms with Gasteiger partial charge >= 0.3 is 11.9 Å². The number of imidazole rings is 1. The number of nitrogens with zero attached hydrogens (tertiary/aromatic N) is 5. The highest BCUT2D eigenvalue weighted by molar-refractivity contribution is 6.14. The van der Waals surface area contributed by atoms with Crippen LogP contribution >= 0.6 is 0 Å². The summed E-state index contributed by atoms with van der Waals surface area (Å²) in [6.07, 6.45) is 3.11. The van der Waals surface area contributed by atoms with Crippen LogP contribution in [0, 0.1) is 10.1 Å². The fourth-order valence-corrected chi connectivity index (χ4v) is 3.08. The van der Waals surface area contributed by atoms with E-state index in [9.17, 15) is 24.5 Å². The largest absolute Gasteiger partial charge is 0.493 e. The van der Waals surface area contributed by atoms with Crippen molar-refractivity contribution in [1.29, 1.82) is 0 Å². The van der Waals surface area contributed by atoms with Crippen LogP contribution < -0.4 is 9.47 Å². The highest BCUT2D eigenvalue weighted by Gasteiger charge is 2.32. The van der Waals surface area contributed by atoms with E-state index in [1.54, 1.807) is 6.92 Å². The van der Waals surface area contributed by atoms with Crippen LogP contribution in [0.5, 0.6) is 11.5 Å². The Hall–Kier alpha value is -4.82. The van der Waals surface area contributed by atoms with Gasteiger partial charge in [0.1, 0.15) is 5.56 Å². The molecule has 0 aliphatic heterocycles. The molecule has 2 heterocycles. The van der Waals surface area contributed by atoms with E-state index in [2.05, 4.69) is 20.2 Å². The summed E-state index contributed by atoms with van der Waals surface area (Å²) in [5.74, 6) is -2.38. The molecule has 0 saturated heterocycles. The number of carbonyl (C=O) groups is 3. The number of nitro groups is 1. The van der Waals surface area contributed by atoms with Crippen LogP contribution in [0.4, 0.5) is 5.69 Å². The lowest BCUT2D eigenvalue weighted by molar-refractivity contribution is -0.385. The van der Waals surface area contributed by atoms with E-state index >= 15 is 0 Å². The summed E-state index contributed by atoms with van der Waals surface area (Å²) in [5.41, 5.74) is -1.83. The second kappa shape index (κ2) is 11.5. The van der Waals surface area contributed by atoms with Crippen LogP contribution in [0.25, 0.3) is 0 Å². The average Bonchev–Trinajstić information content (AvgIpc) is 3.56. The zero-order valence-electron chi connectivity index (χ0n) is 19.5. The second-order valence-electron chi connectivity index (χ2n) is 6.95. The molecule has 3 aromatic rings. The number of aromatic amines is 1. The van der Waals surface area contributed by atoms with Crippen molar-refractivity contribution in [3.8, 4) is 11.5 Å². The number of methoxy groups -OCH3 is 2. The molecule has 1 N–H and O–H groups in total. The third kappa shape index (κ3) is 5.63. The lowest BCUT2D eigenvalue weighted by atomic mass is 10.0. The number of nitro benzene ring substituents is 1. The maximum absolute atomic E-state index is 13.3. The number of aromatic nitrogens is 5. The summed E-state index contributed by atoms with van der Waals surface area (Å²) in [5, 5.41) is 19.7. The predicted octanol–water partition coefficient (Wildman–Crippen LogP) is 1.58. The molecule has 190 valence electrons. The Balaban J connectivity index is 1.87. The lowest BCUT2D eigenvalue weighted by Crippen LogP contribution is -2.14. The first-order valence-electron chi connectivity index (χ1n) is 10.5. The Kier molecular flexibility index (Phi) is 8.27. The molecule has 36 heavy (non-hydrogen) atoms. The van der Waals surface area contributed by atoms with Gasteiger partial charge in [-0.1, -0.05) is 0 Å². The van der Waals surface area contributed by atoms with Crippen molar-refractivity contribution >= 4 is 23.4 Å². The Morgan fingerprint density at radius 3 is 2.36 bits per heavy atom. The molecule has 0 saturated carbocycles. The monoisotopic (exact) mass is 502 g/mol. The normalized spacial score (nSPS) is 10.5. The van der Waals surface area contributed by atoms with Gasteiger partial charge in [-0.25, -0.2) is 14.6 Å². The standard InChI is InChI=1S/C21H22N6O9/c1-4-35-20(29)17-16(18(28)12-10-14(33-2)15(34-3)11-13(12)27(31)32)24-26(25-17)8-5-9-36-21(30)19-22-6-7-23-19/h6-7,10-11H,4-5,8-9H2,1-3H3,(H,22,23). The van der Waals surface area contributed by atoms with E-state index in [-0.39, 0.29) is 49.1 Å². The lowest BCUT2D eigenvalue weighted by Gasteiger charge is -2.09. The van der Waals surface area contributed by atoms with E-state index in [0.717, 1.165) is 16.9 Å². The molecule has 0 aliphatic carbocycles. The van der Waals surface area contributed by atoms with Crippen molar-refractivity contribution in [3.63, 3.8) is 0 Å². The van der Waals surface area contributed by atoms with Crippen LogP contribution in [-0.4, -0.2) is 75.0 Å². The van der Waals surface area contributed by atoms with Gasteiger partial charge in [0.2, 0.25) is 17.3 Å². The SMILES string of the molecule is CCOC(=O)c1nn(CCCOC(=O)c2ncc[nH]2)nc1C(=O)c1cc(OC)c(OC)cc1[N+](=O)[O-]. The molecule has 15 heteroatoms. The molecule has 15 nitrogen and oxygen atoms in total. The van der Waals surface area contributed by atoms with Crippen LogP contribution in [0.3, 0.4) is 0 Å². The molecular weight excluding hydrogens is 480 g/mol. The fourth-order valence-electron chi connectivity index (χ4n) is 3.08. The van der Waals surface area contributed by atoms with Gasteiger partial charge in [0.05, 0.1) is 45.0 Å². The summed E-state index contributed by atoms with van der Waals surface area (Å²) < 4.78 is 20.3. The Labute approximate surface area is 203 Å². The fraction of sp³-hybridized carbons (Fsp3) is 0.333. The molecule has 0 unspecified atom stereocenters. The third-order valence-electron chi connectivity index (χ3n) is 4.71. The van der Waals surface area contributed by atoms with Crippen LogP contribution in [-0.2, 0) is 16.0 Å². The van der Waals surface area contributed by atoms with Crippen molar-refractivity contribution in [2.45, 2.75) is 19.9 Å². The smallest absolute Gasteiger partial charge is 0.374 e. The summed E-state index contributed by atoms with van der Waals surface area (Å²) in [6.45, 7) is 1.59. The molecule has 0 atom stereocenters. The number of hydrogen-bond acceptors (Lipinski definition) is 12. The minimum absolute atomic E-state index is 0.00143. The first-order chi connectivity index (χ1) is 17.3. The number of aryl methyl sites for hydroxylation is 1. The molecule has 2 aromatic heterocycles. The maximum Gasteiger partial charge on any atom is 0.374 e. The zero-order valence-corrected chi connectivity index (χ0v) is 19.5. The van der Waals surface area contributed by atoms with Crippen molar-refractivity contribution in [3.05, 3.63) is 57.4 Å². The topological polar surface area (TPSA) is 191 Å². The van der Waals surface area contributed by atoms with Crippen LogP contribution in [0.2, 0.25) is 0 Å². The molecule has 0 radical (unpaired) electrons. The number of esters is 2. The van der Waals surface area contributed by atoms with E-state index in [0.29, 0.717) is 0 Å². The first-order valence-corrected chi connectivity index (χ1v) is 10.5. The van der Waals surface area contributed by atoms with Crippen molar-refractivity contribution in [1.82, 2.24) is 25.0 Å². The third-order valence-corrected chi connectivity index (χ3v) is 4.71. The number of benzene rings is 1. The molecule has 0 aliphatic rings. The minimum atomic E-state index is -0.943. The second-order valence-corrected chi connectivity index (χ2v) is 6.95. The Morgan fingerprint density at radius 2 is 1.75 bits per heavy atom. The van der Waals surface area contributed by atoms with E-state index < -0.39 is 39.7 Å². The van der Waals surface area contributed by atoms with Crippen LogP contribution in [0.1, 0.15) is 50.5 Å². The van der Waals surface area contributed by atoms with Gasteiger partial charge in [-0.3, -0.25) is 14.9 Å². The number of H-pyrrole nitrogens is 1. The summed E-state index contributed by atoms with van der Waals surface area (Å²) >= 11 is 0. The van der Waals surface area contributed by atoms with Gasteiger partial charge in [0, 0.05) is 24.9 Å². The maximum atomic E-state index is 13.3. The predicted molar refractivity (Wildman–Crippen MR) is 119 cm³/mol. The quantitative estimate of drug-likeness (QED) is 0.124. The number of nitrogens with one attached hydrogen (secondary N) is 1. The average molecular weight is 502 g/mol. The number of ether oxygens (including phenoxy) is 4. The molecule has 1 aromatic carbocycles. The van der Waals surface area contributed by atoms with E-state index in [4.69, 9.17) is 18.9 Å². The van der Waals surface area contributed by atoms with Gasteiger partial charge < -0.3 is 23.9 Å². The van der Waals surface area contributed by atoms with E-state index in [1.807, 2.05) is 0 Å². The van der Waals surface area contributed by atoms with Crippen molar-refractivity contribution < 1.29 is 38.3 Å². The van der Waals surface area contributed by atoms with Gasteiger partial charge in [0.25, 0.3) is 5.69 Å². The summed E-state index contributed by atoms with van der Waals surface area (Å²) in [4.78, 5) is 55.9. The molecule has 0 amide bonds. The number of hydrogen-bond donors (Lipinski definition) is 1. The number of carbonyl (C=O) groups excluding carboxylic acids is 3. The molecule has 0 fully saturated rings. The van der Waals surface area contributed by atoms with Gasteiger partial charge in [0.15, 0.2) is 17.2 Å². The summed E-state index contributed by atoms with van der Waals surface area (Å²) in [7, 11) is 2.59. The van der Waals surface area contributed by atoms with Crippen LogP contribution in [0.15, 0.2) is 24.5 Å². The zero-order chi connectivity index (χ0) is 26.2. The first kappa shape index (κ1) is 25.8. The Bertz CT molecular complexity index is 1270. The van der Waals surface area contributed by atoms with Gasteiger partial charge in [-0.05, 0) is 6.92 Å². The van der Waals surface area contributed by atoms with Crippen molar-refractivity contribution in [2.24, 2.45) is 0 Å². The van der Waals surface area contributed by atoms with Crippen molar-refractivity contribution in [2.75, 3.05) is 27.4 Å². The minimum Gasteiger partial charge on any atom is -0.493 e. The highest BCUT2D eigenvalue weighted by Crippen LogP contribution is 2.35. The molecule has 0 bridgehead atoms. The molecule has 0 spiro atoms. The van der Waals surface area contributed by atoms with Gasteiger partial charge in [-0.15, -0.1) is 10.2 Å². The number of ketones is 1. The van der Waals surface area contributed by atoms with E-state index in [1.165, 1.54) is 26.6 Å².